The minimum absolute atomic E-state index is 0.682. The standard InChI is InChI=1S/C22H25N3/c1-3-17-8-10-18(11-9-17)14-25(19-12-13-19)15-22-23-16(2)20-6-4-5-7-21(20)24-22/h4-11,19H,3,12-15H2,1-2H3. The average Bonchev–Trinajstić information content (AvgIpc) is 3.47. The van der Waals surface area contributed by atoms with Gasteiger partial charge in [-0.1, -0.05) is 49.4 Å². The summed E-state index contributed by atoms with van der Waals surface area (Å²) < 4.78 is 0. The van der Waals surface area contributed by atoms with E-state index in [0.29, 0.717) is 6.04 Å². The van der Waals surface area contributed by atoms with Crippen LogP contribution in [-0.2, 0) is 19.5 Å². The van der Waals surface area contributed by atoms with Crippen molar-refractivity contribution >= 4 is 10.9 Å². The third-order valence-electron chi connectivity index (χ3n) is 5.06. The number of nitrogens with zero attached hydrogens (tertiary/aromatic N) is 3. The number of benzene rings is 2. The molecule has 25 heavy (non-hydrogen) atoms. The molecule has 3 nitrogen and oxygen atoms in total. The molecule has 0 radical (unpaired) electrons. The Kier molecular flexibility index (Phi) is 4.50. The average molecular weight is 331 g/mol. The first-order valence-corrected chi connectivity index (χ1v) is 9.27. The molecule has 1 aliphatic rings. The summed E-state index contributed by atoms with van der Waals surface area (Å²) in [7, 11) is 0. The molecule has 2 aromatic carbocycles. The highest BCUT2D eigenvalue weighted by Gasteiger charge is 2.29. The summed E-state index contributed by atoms with van der Waals surface area (Å²) in [4.78, 5) is 12.1. The van der Waals surface area contributed by atoms with Gasteiger partial charge >= 0.3 is 0 Å². The van der Waals surface area contributed by atoms with Crippen LogP contribution in [0.2, 0.25) is 0 Å². The molecule has 1 saturated carbocycles. The van der Waals surface area contributed by atoms with Crippen LogP contribution in [-0.4, -0.2) is 20.9 Å². The van der Waals surface area contributed by atoms with Gasteiger partial charge in [0.2, 0.25) is 0 Å². The summed E-state index contributed by atoms with van der Waals surface area (Å²) in [5.41, 5.74) is 4.90. The summed E-state index contributed by atoms with van der Waals surface area (Å²) in [6, 6.07) is 18.0. The van der Waals surface area contributed by atoms with E-state index >= 15 is 0 Å². The molecular formula is C22H25N3. The molecule has 0 saturated heterocycles. The Morgan fingerprint density at radius 3 is 2.36 bits per heavy atom. The number of hydrogen-bond acceptors (Lipinski definition) is 3. The SMILES string of the molecule is CCc1ccc(CN(Cc2nc(C)c3ccccc3n2)C2CC2)cc1. The van der Waals surface area contributed by atoms with E-state index in [1.54, 1.807) is 0 Å². The van der Waals surface area contributed by atoms with Crippen LogP contribution in [0.4, 0.5) is 0 Å². The van der Waals surface area contributed by atoms with Crippen molar-refractivity contribution in [3.05, 3.63) is 71.2 Å². The number of aryl methyl sites for hydroxylation is 2. The van der Waals surface area contributed by atoms with Gasteiger partial charge in [0.05, 0.1) is 12.1 Å². The summed E-state index contributed by atoms with van der Waals surface area (Å²) >= 11 is 0. The predicted octanol–water partition coefficient (Wildman–Crippen LogP) is 4.67. The monoisotopic (exact) mass is 331 g/mol. The molecule has 128 valence electrons. The highest BCUT2D eigenvalue weighted by molar-refractivity contribution is 5.80. The molecule has 0 bridgehead atoms. The number of hydrogen-bond donors (Lipinski definition) is 0. The zero-order valence-electron chi connectivity index (χ0n) is 15.1. The van der Waals surface area contributed by atoms with Crippen LogP contribution in [0.5, 0.6) is 0 Å². The fraction of sp³-hybridized carbons (Fsp3) is 0.364. The minimum Gasteiger partial charge on any atom is -0.289 e. The zero-order valence-corrected chi connectivity index (χ0v) is 15.1. The number of rotatable bonds is 6. The highest BCUT2D eigenvalue weighted by Crippen LogP contribution is 2.30. The molecule has 1 fully saturated rings. The van der Waals surface area contributed by atoms with Crippen molar-refractivity contribution in [3.63, 3.8) is 0 Å². The lowest BCUT2D eigenvalue weighted by Crippen LogP contribution is -2.26. The first kappa shape index (κ1) is 16.2. The molecule has 3 aromatic rings. The van der Waals surface area contributed by atoms with Gasteiger partial charge in [-0.3, -0.25) is 4.90 Å². The molecule has 0 N–H and O–H groups in total. The summed E-state index contributed by atoms with van der Waals surface area (Å²) in [5.74, 6) is 0.938. The van der Waals surface area contributed by atoms with Crippen molar-refractivity contribution in [1.29, 1.82) is 0 Å². The van der Waals surface area contributed by atoms with Crippen LogP contribution in [0.25, 0.3) is 10.9 Å². The van der Waals surface area contributed by atoms with E-state index in [2.05, 4.69) is 61.2 Å². The predicted molar refractivity (Wildman–Crippen MR) is 102 cm³/mol. The summed E-state index contributed by atoms with van der Waals surface area (Å²) in [6.07, 6.45) is 3.68. The molecule has 0 spiro atoms. The third kappa shape index (κ3) is 3.72. The van der Waals surface area contributed by atoms with Crippen molar-refractivity contribution in [1.82, 2.24) is 14.9 Å². The maximum absolute atomic E-state index is 4.80. The van der Waals surface area contributed by atoms with Gasteiger partial charge in [-0.15, -0.1) is 0 Å². The van der Waals surface area contributed by atoms with Gasteiger partial charge in [0.1, 0.15) is 5.82 Å². The van der Waals surface area contributed by atoms with Crippen LogP contribution in [0.1, 0.15) is 42.4 Å². The van der Waals surface area contributed by atoms with Crippen molar-refractivity contribution in [3.8, 4) is 0 Å². The zero-order chi connectivity index (χ0) is 17.2. The van der Waals surface area contributed by atoms with Crippen molar-refractivity contribution in [2.45, 2.75) is 52.2 Å². The summed E-state index contributed by atoms with van der Waals surface area (Å²) in [5, 5.41) is 1.15. The second kappa shape index (κ2) is 6.93. The number of aromatic nitrogens is 2. The third-order valence-corrected chi connectivity index (χ3v) is 5.06. The minimum atomic E-state index is 0.682. The second-order valence-corrected chi connectivity index (χ2v) is 7.05. The van der Waals surface area contributed by atoms with E-state index in [-0.39, 0.29) is 0 Å². The molecule has 0 aliphatic heterocycles. The van der Waals surface area contributed by atoms with Gasteiger partial charge in [-0.2, -0.15) is 0 Å². The fourth-order valence-corrected chi connectivity index (χ4v) is 3.42. The Balaban J connectivity index is 1.55. The smallest absolute Gasteiger partial charge is 0.143 e. The second-order valence-electron chi connectivity index (χ2n) is 7.05. The normalized spacial score (nSPS) is 14.4. The van der Waals surface area contributed by atoms with E-state index in [1.807, 2.05) is 6.07 Å². The van der Waals surface area contributed by atoms with Gasteiger partial charge in [0.25, 0.3) is 0 Å². The van der Waals surface area contributed by atoms with E-state index in [1.165, 1.54) is 24.0 Å². The number of fused-ring (bicyclic) bond motifs is 1. The number of para-hydroxylation sites is 1. The van der Waals surface area contributed by atoms with E-state index in [4.69, 9.17) is 9.97 Å². The van der Waals surface area contributed by atoms with Crippen LogP contribution in [0, 0.1) is 6.92 Å². The Bertz CT molecular complexity index is 866. The quantitative estimate of drug-likeness (QED) is 0.657. The molecule has 1 aromatic heterocycles. The lowest BCUT2D eigenvalue weighted by Gasteiger charge is -2.21. The Morgan fingerprint density at radius 1 is 0.920 bits per heavy atom. The van der Waals surface area contributed by atoms with Crippen LogP contribution in [0.15, 0.2) is 48.5 Å². The highest BCUT2D eigenvalue weighted by atomic mass is 15.2. The first-order chi connectivity index (χ1) is 12.2. The lowest BCUT2D eigenvalue weighted by atomic mass is 10.1. The maximum Gasteiger partial charge on any atom is 0.143 e. The Hall–Kier alpha value is -2.26. The lowest BCUT2D eigenvalue weighted by molar-refractivity contribution is 0.239. The van der Waals surface area contributed by atoms with Crippen molar-refractivity contribution in [2.75, 3.05) is 0 Å². The first-order valence-electron chi connectivity index (χ1n) is 9.27. The van der Waals surface area contributed by atoms with Crippen LogP contribution < -0.4 is 0 Å². The van der Waals surface area contributed by atoms with Crippen LogP contribution in [0.3, 0.4) is 0 Å². The Morgan fingerprint density at radius 2 is 1.64 bits per heavy atom. The molecule has 0 atom stereocenters. The molecule has 0 amide bonds. The van der Waals surface area contributed by atoms with Gasteiger partial charge < -0.3 is 0 Å². The topological polar surface area (TPSA) is 29.0 Å². The largest absolute Gasteiger partial charge is 0.289 e. The maximum atomic E-state index is 4.80. The van der Waals surface area contributed by atoms with Gasteiger partial charge in [-0.05, 0) is 43.4 Å². The van der Waals surface area contributed by atoms with Crippen molar-refractivity contribution in [2.24, 2.45) is 0 Å². The van der Waals surface area contributed by atoms with E-state index in [9.17, 15) is 0 Å². The molecule has 1 aliphatic carbocycles. The molecule has 4 rings (SSSR count). The van der Waals surface area contributed by atoms with Gasteiger partial charge in [-0.25, -0.2) is 9.97 Å². The van der Waals surface area contributed by atoms with Gasteiger partial charge in [0.15, 0.2) is 0 Å². The van der Waals surface area contributed by atoms with Gasteiger partial charge in [0, 0.05) is 23.7 Å². The Labute approximate surface area is 149 Å². The van der Waals surface area contributed by atoms with E-state index in [0.717, 1.165) is 41.9 Å². The van der Waals surface area contributed by atoms with Crippen LogP contribution >= 0.6 is 0 Å². The molecule has 1 heterocycles. The molecule has 0 unspecified atom stereocenters. The molecular weight excluding hydrogens is 306 g/mol. The molecule has 3 heteroatoms. The summed E-state index contributed by atoms with van der Waals surface area (Å²) in [6.45, 7) is 6.08. The van der Waals surface area contributed by atoms with Crippen molar-refractivity contribution < 1.29 is 0 Å². The fourth-order valence-electron chi connectivity index (χ4n) is 3.42. The van der Waals surface area contributed by atoms with E-state index < -0.39 is 0 Å².